The smallest absolute Gasteiger partial charge is 0.333 e. The Morgan fingerprint density at radius 2 is 1.03 bits per heavy atom. The van der Waals surface area contributed by atoms with Crippen LogP contribution in [0.3, 0.4) is 0 Å². The van der Waals surface area contributed by atoms with Gasteiger partial charge in [-0.1, -0.05) is 54.6 Å². The van der Waals surface area contributed by atoms with E-state index >= 15 is 0 Å². The second-order valence-electron chi connectivity index (χ2n) is 15.4. The molecule has 0 aliphatic carbocycles. The number of unbranched alkanes of at least 4 members (excludes halogenated alkanes) is 1. The number of aliphatic carboxylic acids is 4. The first-order valence-electron chi connectivity index (χ1n) is 20.9. The molecule has 1 aliphatic rings. The Balaban J connectivity index is 1.25. The number of aromatic nitrogens is 3. The van der Waals surface area contributed by atoms with Gasteiger partial charge in [0.15, 0.2) is 0 Å². The molecule has 0 spiro atoms. The summed E-state index contributed by atoms with van der Waals surface area (Å²) in [5, 5.41) is 41.0. The summed E-state index contributed by atoms with van der Waals surface area (Å²) in [6.45, 7) is -2.29. The maximum absolute atomic E-state index is 13.0. The van der Waals surface area contributed by atoms with Gasteiger partial charge in [0, 0.05) is 50.0 Å². The number of nitrogens with zero attached hydrogens (tertiary/aromatic N) is 6. The average molecular weight is 916 g/mol. The number of pyridine rings is 3. The highest BCUT2D eigenvalue weighted by molar-refractivity contribution is 6.01. The van der Waals surface area contributed by atoms with Gasteiger partial charge in [-0.2, -0.15) is 0 Å². The number of hydrogen-bond acceptors (Lipinski definition) is 14. The number of amides is 3. The maximum Gasteiger partial charge on any atom is 0.333 e. The van der Waals surface area contributed by atoms with Crippen LogP contribution in [-0.2, 0) is 56.3 Å². The fraction of sp³-hybridized carbons (Fsp3) is 0.255. The number of carbonyl (C=O) groups excluding carboxylic acids is 4. The first-order chi connectivity index (χ1) is 32.1. The van der Waals surface area contributed by atoms with Gasteiger partial charge < -0.3 is 30.6 Å². The molecule has 5 N–H and O–H groups in total. The molecule has 3 aromatic heterocycles. The molecule has 1 fully saturated rings. The van der Waals surface area contributed by atoms with Gasteiger partial charge in [0.1, 0.15) is 0 Å². The van der Waals surface area contributed by atoms with Gasteiger partial charge in [-0.3, -0.25) is 43.4 Å². The number of para-hydroxylation sites is 1. The number of carbonyl (C=O) groups is 8. The summed E-state index contributed by atoms with van der Waals surface area (Å²) < 4.78 is 0. The molecule has 346 valence electrons. The lowest BCUT2D eigenvalue weighted by Gasteiger charge is -2.18. The molecule has 6 rings (SSSR count). The number of hydrogen-bond donors (Lipinski definition) is 5. The first-order valence-corrected chi connectivity index (χ1v) is 20.9. The monoisotopic (exact) mass is 915 g/mol. The van der Waals surface area contributed by atoms with Crippen LogP contribution in [0.5, 0.6) is 0 Å². The van der Waals surface area contributed by atoms with Gasteiger partial charge in [0.2, 0.25) is 5.91 Å². The number of benzene rings is 2. The second kappa shape index (κ2) is 22.6. The summed E-state index contributed by atoms with van der Waals surface area (Å²) in [7, 11) is 0. The molecule has 5 aromatic rings. The van der Waals surface area contributed by atoms with E-state index in [1.807, 2.05) is 36.4 Å². The van der Waals surface area contributed by atoms with E-state index in [0.29, 0.717) is 63.3 Å². The summed E-state index contributed by atoms with van der Waals surface area (Å²) in [5.41, 5.74) is 5.76. The Hall–Kier alpha value is -8.23. The normalized spacial score (nSPS) is 12.4. The Bertz CT molecular complexity index is 2540. The number of carboxylic acid groups (broad SMARTS) is 4. The lowest BCUT2D eigenvalue weighted by molar-refractivity contribution is -0.197. The third-order valence-corrected chi connectivity index (χ3v) is 10.1. The molecular weight excluding hydrogens is 871 g/mol. The van der Waals surface area contributed by atoms with Gasteiger partial charge in [0.05, 0.1) is 60.3 Å². The van der Waals surface area contributed by atoms with Gasteiger partial charge >= 0.3 is 29.8 Å². The van der Waals surface area contributed by atoms with Gasteiger partial charge in [0.25, 0.3) is 11.8 Å². The number of anilines is 1. The van der Waals surface area contributed by atoms with E-state index in [2.05, 4.69) is 5.32 Å². The van der Waals surface area contributed by atoms with Crippen LogP contribution in [0.15, 0.2) is 97.1 Å². The van der Waals surface area contributed by atoms with Crippen molar-refractivity contribution in [1.82, 2.24) is 29.8 Å². The van der Waals surface area contributed by atoms with Crippen LogP contribution in [-0.4, -0.2) is 124 Å². The van der Waals surface area contributed by atoms with Crippen LogP contribution >= 0.6 is 0 Å². The van der Waals surface area contributed by atoms with E-state index in [9.17, 15) is 58.8 Å². The molecule has 0 saturated carbocycles. The number of nitrogens with one attached hydrogen (secondary N) is 1. The van der Waals surface area contributed by atoms with Crippen molar-refractivity contribution in [1.29, 1.82) is 0 Å². The minimum atomic E-state index is -1.21. The summed E-state index contributed by atoms with van der Waals surface area (Å²) in [4.78, 5) is 116. The van der Waals surface area contributed by atoms with Crippen molar-refractivity contribution >= 4 is 53.3 Å². The molecule has 2 aromatic carbocycles. The van der Waals surface area contributed by atoms with Gasteiger partial charge in [-0.05, 0) is 72.0 Å². The van der Waals surface area contributed by atoms with Crippen LogP contribution in [0.1, 0.15) is 49.9 Å². The highest BCUT2D eigenvalue weighted by Gasteiger charge is 2.32. The lowest BCUT2D eigenvalue weighted by Crippen LogP contribution is -2.34. The molecule has 1 saturated heterocycles. The number of hydroxylamine groups is 2. The van der Waals surface area contributed by atoms with Crippen LogP contribution in [0.25, 0.3) is 45.0 Å². The first kappa shape index (κ1) is 48.2. The zero-order valence-corrected chi connectivity index (χ0v) is 35.9. The molecule has 67 heavy (non-hydrogen) atoms. The van der Waals surface area contributed by atoms with E-state index in [1.54, 1.807) is 60.7 Å². The Morgan fingerprint density at radius 1 is 0.552 bits per heavy atom. The maximum atomic E-state index is 13.0. The Labute approximate surface area is 382 Å². The van der Waals surface area contributed by atoms with E-state index < -0.39 is 67.8 Å². The van der Waals surface area contributed by atoms with E-state index in [4.69, 9.17) is 19.8 Å². The topological polar surface area (TPSA) is 287 Å². The molecular formula is C47H45N7O13. The standard InChI is InChI=1S/C47H45N7O13/c55-40(13-3-4-14-47(66)67-54-41(56)19-20-42(54)57)51-35-10-2-1-9-34(35)30-17-15-29(16-18-30)31-21-38(36-11-5-7-32(48-36)23-52(25-43(58)59)26-44(60)61)50-39(22-31)37-12-6-8-33(49-37)24-53(27-45(62)63)28-46(64)65/h1-2,5-12,15-18,21-22H,3-4,13-14,19-20,23-28H2,(H,51,55)(H,58,59)(H,60,61)(H,62,63)(H,64,65). The summed E-state index contributed by atoms with van der Waals surface area (Å²) >= 11 is 0. The Kier molecular flexibility index (Phi) is 16.3. The molecule has 0 atom stereocenters. The molecule has 0 unspecified atom stereocenters. The Morgan fingerprint density at radius 3 is 1.54 bits per heavy atom. The van der Waals surface area contributed by atoms with Crippen molar-refractivity contribution < 1.29 is 63.6 Å². The molecule has 1 aliphatic heterocycles. The predicted molar refractivity (Wildman–Crippen MR) is 237 cm³/mol. The average Bonchev–Trinajstić information content (AvgIpc) is 3.59. The van der Waals surface area contributed by atoms with Crippen LogP contribution in [0.4, 0.5) is 5.69 Å². The quantitative estimate of drug-likeness (QED) is 0.0442. The molecule has 0 radical (unpaired) electrons. The molecule has 20 heteroatoms. The van der Waals surface area contributed by atoms with Crippen molar-refractivity contribution in [2.24, 2.45) is 0 Å². The minimum absolute atomic E-state index is 0.00697. The summed E-state index contributed by atoms with van der Waals surface area (Å²) in [5.74, 6) is -6.98. The zero-order chi connectivity index (χ0) is 48.0. The number of rotatable bonds is 23. The highest BCUT2D eigenvalue weighted by Crippen LogP contribution is 2.33. The minimum Gasteiger partial charge on any atom is -0.480 e. The number of imide groups is 1. The third-order valence-electron chi connectivity index (χ3n) is 10.1. The summed E-state index contributed by atoms with van der Waals surface area (Å²) in [6.07, 6.45) is 0.639. The molecule has 0 bridgehead atoms. The highest BCUT2D eigenvalue weighted by atomic mass is 16.7. The van der Waals surface area contributed by atoms with Crippen LogP contribution in [0, 0.1) is 0 Å². The van der Waals surface area contributed by atoms with Crippen molar-refractivity contribution in [3.63, 3.8) is 0 Å². The van der Waals surface area contributed by atoms with E-state index in [-0.39, 0.29) is 44.7 Å². The summed E-state index contributed by atoms with van der Waals surface area (Å²) in [6, 6.07) is 28.3. The van der Waals surface area contributed by atoms with Crippen molar-refractivity contribution in [3.05, 3.63) is 108 Å². The molecule has 3 amide bonds. The van der Waals surface area contributed by atoms with E-state index in [1.165, 1.54) is 9.80 Å². The fourth-order valence-electron chi connectivity index (χ4n) is 7.20. The fourth-order valence-corrected chi connectivity index (χ4v) is 7.20. The molecule has 20 nitrogen and oxygen atoms in total. The van der Waals surface area contributed by atoms with Gasteiger partial charge in [-0.25, -0.2) is 19.7 Å². The van der Waals surface area contributed by atoms with Crippen LogP contribution in [0.2, 0.25) is 0 Å². The zero-order valence-electron chi connectivity index (χ0n) is 35.9. The van der Waals surface area contributed by atoms with Crippen molar-refractivity contribution in [3.8, 4) is 45.0 Å². The largest absolute Gasteiger partial charge is 0.480 e. The third kappa shape index (κ3) is 14.1. The van der Waals surface area contributed by atoms with Crippen LogP contribution < -0.4 is 5.32 Å². The number of carboxylic acids is 4. The molecule has 4 heterocycles. The van der Waals surface area contributed by atoms with Crippen molar-refractivity contribution in [2.75, 3.05) is 31.5 Å². The second-order valence-corrected chi connectivity index (χ2v) is 15.4. The van der Waals surface area contributed by atoms with Crippen molar-refractivity contribution in [2.45, 2.75) is 51.6 Å². The SMILES string of the molecule is O=C(O)CN(CC(=O)O)Cc1cccc(-c2cc(-c3ccc(-c4ccccc4NC(=O)CCCCC(=O)ON4C(=O)CCC4=O)cc3)cc(-c3cccc(CN(CC(=O)O)CC(=O)O)n3)n2)n1. The lowest BCUT2D eigenvalue weighted by atomic mass is 9.98. The van der Waals surface area contributed by atoms with Gasteiger partial charge in [-0.15, -0.1) is 5.06 Å². The predicted octanol–water partition coefficient (Wildman–Crippen LogP) is 4.59. The van der Waals surface area contributed by atoms with E-state index in [0.717, 1.165) is 16.7 Å².